The number of unbranched alkanes of at least 4 members (excludes halogenated alkanes) is 2. The van der Waals surface area contributed by atoms with Gasteiger partial charge in [0.1, 0.15) is 5.84 Å². The molecule has 6 heteroatoms. The second kappa shape index (κ2) is 6.71. The van der Waals surface area contributed by atoms with Crippen molar-refractivity contribution in [1.29, 1.82) is 0 Å². The third-order valence-electron chi connectivity index (χ3n) is 2.04. The molecule has 2 N–H and O–H groups in total. The van der Waals surface area contributed by atoms with Gasteiger partial charge in [-0.3, -0.25) is 5.32 Å². The molecule has 1 aliphatic rings. The molecule has 6 nitrogen and oxygen atoms in total. The van der Waals surface area contributed by atoms with Gasteiger partial charge in [0.25, 0.3) is 0 Å². The zero-order valence-electron chi connectivity index (χ0n) is 9.32. The van der Waals surface area contributed by atoms with E-state index < -0.39 is 12.1 Å². The Morgan fingerprint density at radius 3 is 3.12 bits per heavy atom. The maximum Gasteiger partial charge on any atom is 0.345 e. The summed E-state index contributed by atoms with van der Waals surface area (Å²) in [6, 6.07) is -0.898. The predicted molar refractivity (Wildman–Crippen MR) is 62.0 cm³/mol. The van der Waals surface area contributed by atoms with Crippen LogP contribution in [-0.2, 0) is 0 Å². The molecule has 1 aliphatic heterocycles. The van der Waals surface area contributed by atoms with Crippen LogP contribution in [0.1, 0.15) is 32.6 Å². The van der Waals surface area contributed by atoms with Crippen molar-refractivity contribution in [3.63, 3.8) is 0 Å². The number of aliphatic imine (C=N–C) groups is 2. The SMILES string of the molecule is CCCCCNC(=O)/N=C1\CC=NC(=O)N1. The van der Waals surface area contributed by atoms with E-state index in [-0.39, 0.29) is 0 Å². The molecule has 1 rings (SSSR count). The van der Waals surface area contributed by atoms with Gasteiger partial charge in [-0.25, -0.2) is 14.6 Å². The van der Waals surface area contributed by atoms with Crippen LogP contribution in [0.25, 0.3) is 0 Å². The first kappa shape index (κ1) is 12.4. The van der Waals surface area contributed by atoms with Crippen molar-refractivity contribution < 1.29 is 9.59 Å². The van der Waals surface area contributed by atoms with E-state index in [0.717, 1.165) is 19.3 Å². The molecule has 0 aromatic carbocycles. The highest BCUT2D eigenvalue weighted by molar-refractivity contribution is 6.12. The number of hydrogen-bond acceptors (Lipinski definition) is 2. The largest absolute Gasteiger partial charge is 0.345 e. The van der Waals surface area contributed by atoms with Crippen molar-refractivity contribution in [2.75, 3.05) is 6.54 Å². The Labute approximate surface area is 94.2 Å². The molecule has 0 aromatic rings. The van der Waals surface area contributed by atoms with Crippen molar-refractivity contribution in [3.8, 4) is 0 Å². The Morgan fingerprint density at radius 1 is 1.62 bits per heavy atom. The van der Waals surface area contributed by atoms with E-state index >= 15 is 0 Å². The maximum absolute atomic E-state index is 11.3. The molecular formula is C10H16N4O2. The van der Waals surface area contributed by atoms with Gasteiger partial charge in [0.15, 0.2) is 0 Å². The van der Waals surface area contributed by atoms with Crippen molar-refractivity contribution in [2.24, 2.45) is 9.98 Å². The molecular weight excluding hydrogens is 208 g/mol. The van der Waals surface area contributed by atoms with Crippen LogP contribution in [0.15, 0.2) is 9.98 Å². The van der Waals surface area contributed by atoms with Crippen molar-refractivity contribution in [3.05, 3.63) is 0 Å². The number of amidine groups is 1. The Balaban J connectivity index is 2.30. The van der Waals surface area contributed by atoms with Crippen LogP contribution < -0.4 is 10.6 Å². The molecule has 0 saturated heterocycles. The van der Waals surface area contributed by atoms with Crippen LogP contribution in [-0.4, -0.2) is 30.7 Å². The number of amides is 4. The quantitative estimate of drug-likeness (QED) is 0.709. The number of rotatable bonds is 4. The van der Waals surface area contributed by atoms with Crippen molar-refractivity contribution in [1.82, 2.24) is 10.6 Å². The molecule has 0 fully saturated rings. The van der Waals surface area contributed by atoms with Gasteiger partial charge < -0.3 is 5.32 Å². The van der Waals surface area contributed by atoms with Gasteiger partial charge in [-0.2, -0.15) is 4.99 Å². The van der Waals surface area contributed by atoms with Crippen molar-refractivity contribution in [2.45, 2.75) is 32.6 Å². The summed E-state index contributed by atoms with van der Waals surface area (Å²) in [6.45, 7) is 2.71. The van der Waals surface area contributed by atoms with E-state index in [1.807, 2.05) is 0 Å². The molecule has 0 bridgehead atoms. The molecule has 88 valence electrons. The highest BCUT2D eigenvalue weighted by atomic mass is 16.2. The fourth-order valence-corrected chi connectivity index (χ4v) is 1.23. The molecule has 0 aliphatic carbocycles. The molecule has 0 aromatic heterocycles. The van der Waals surface area contributed by atoms with Gasteiger partial charge in [0.2, 0.25) is 0 Å². The van der Waals surface area contributed by atoms with Gasteiger partial charge in [-0.1, -0.05) is 19.8 Å². The smallest absolute Gasteiger partial charge is 0.336 e. The van der Waals surface area contributed by atoms with E-state index in [1.165, 1.54) is 6.21 Å². The average molecular weight is 224 g/mol. The predicted octanol–water partition coefficient (Wildman–Crippen LogP) is 1.47. The molecule has 0 atom stereocenters. The van der Waals surface area contributed by atoms with Crippen LogP contribution in [0.2, 0.25) is 0 Å². The zero-order chi connectivity index (χ0) is 11.8. The summed E-state index contributed by atoms with van der Waals surface area (Å²) in [4.78, 5) is 29.3. The Kier molecular flexibility index (Phi) is 5.18. The first-order valence-electron chi connectivity index (χ1n) is 5.41. The second-order valence-electron chi connectivity index (χ2n) is 3.44. The summed E-state index contributed by atoms with van der Waals surface area (Å²) in [5, 5.41) is 5.06. The first-order valence-corrected chi connectivity index (χ1v) is 5.41. The second-order valence-corrected chi connectivity index (χ2v) is 3.44. The van der Waals surface area contributed by atoms with Crippen LogP contribution in [0.4, 0.5) is 9.59 Å². The Morgan fingerprint density at radius 2 is 2.44 bits per heavy atom. The number of carbonyl (C=O) groups excluding carboxylic acids is 2. The number of urea groups is 2. The van der Waals surface area contributed by atoms with Crippen LogP contribution in [0.5, 0.6) is 0 Å². The van der Waals surface area contributed by atoms with Crippen LogP contribution in [0.3, 0.4) is 0 Å². The van der Waals surface area contributed by atoms with Gasteiger partial charge in [0, 0.05) is 19.2 Å². The summed E-state index contributed by atoms with van der Waals surface area (Å²) in [6.07, 6.45) is 4.95. The number of nitrogens with zero attached hydrogens (tertiary/aromatic N) is 2. The minimum atomic E-state index is -0.483. The lowest BCUT2D eigenvalue weighted by atomic mass is 10.2. The lowest BCUT2D eigenvalue weighted by Gasteiger charge is -2.07. The number of carbonyl (C=O) groups is 2. The standard InChI is InChI=1S/C10H16N4O2/c1-2-3-4-6-11-9(15)13-8-5-7-12-10(16)14-8/h7H,2-6H2,1H3,(H2,11,13,14,15,16). The summed E-state index contributed by atoms with van der Waals surface area (Å²) in [5.74, 6) is 0.341. The molecule has 0 unspecified atom stereocenters. The third kappa shape index (κ3) is 4.68. The van der Waals surface area contributed by atoms with E-state index in [1.54, 1.807) is 0 Å². The minimum absolute atomic E-state index is 0.341. The molecule has 0 radical (unpaired) electrons. The average Bonchev–Trinajstić information content (AvgIpc) is 2.24. The van der Waals surface area contributed by atoms with Gasteiger partial charge >= 0.3 is 12.1 Å². The van der Waals surface area contributed by atoms with Crippen LogP contribution in [0, 0.1) is 0 Å². The van der Waals surface area contributed by atoms with Crippen molar-refractivity contribution >= 4 is 24.1 Å². The maximum atomic E-state index is 11.3. The Bertz CT molecular complexity index is 323. The molecule has 1 heterocycles. The fraction of sp³-hybridized carbons (Fsp3) is 0.600. The number of nitrogens with one attached hydrogen (secondary N) is 2. The normalized spacial score (nSPS) is 17.3. The van der Waals surface area contributed by atoms with Gasteiger partial charge in [-0.15, -0.1) is 0 Å². The zero-order valence-corrected chi connectivity index (χ0v) is 9.32. The fourth-order valence-electron chi connectivity index (χ4n) is 1.23. The lowest BCUT2D eigenvalue weighted by Crippen LogP contribution is -2.34. The monoisotopic (exact) mass is 224 g/mol. The van der Waals surface area contributed by atoms with E-state index in [4.69, 9.17) is 0 Å². The Hall–Kier alpha value is -1.72. The summed E-state index contributed by atoms with van der Waals surface area (Å²) >= 11 is 0. The first-order chi connectivity index (χ1) is 7.72. The summed E-state index contributed by atoms with van der Waals surface area (Å²) in [7, 11) is 0. The highest BCUT2D eigenvalue weighted by Gasteiger charge is 2.10. The number of hydrogen-bond donors (Lipinski definition) is 2. The third-order valence-corrected chi connectivity index (χ3v) is 2.04. The molecule has 4 amide bonds. The minimum Gasteiger partial charge on any atom is -0.336 e. The molecule has 0 spiro atoms. The summed E-state index contributed by atoms with van der Waals surface area (Å²) < 4.78 is 0. The van der Waals surface area contributed by atoms with Gasteiger partial charge in [-0.05, 0) is 6.42 Å². The molecule has 16 heavy (non-hydrogen) atoms. The lowest BCUT2D eigenvalue weighted by molar-refractivity contribution is 0.249. The van der Waals surface area contributed by atoms with E-state index in [2.05, 4.69) is 27.5 Å². The van der Waals surface area contributed by atoms with Gasteiger partial charge in [0.05, 0.1) is 0 Å². The summed E-state index contributed by atoms with van der Waals surface area (Å²) in [5.41, 5.74) is 0. The highest BCUT2D eigenvalue weighted by Crippen LogP contribution is 1.93. The van der Waals surface area contributed by atoms with Crippen LogP contribution >= 0.6 is 0 Å². The molecule has 0 saturated carbocycles. The van der Waals surface area contributed by atoms with E-state index in [0.29, 0.717) is 18.8 Å². The topological polar surface area (TPSA) is 82.9 Å². The van der Waals surface area contributed by atoms with E-state index in [9.17, 15) is 9.59 Å².